The molecule has 0 unspecified atom stereocenters. The number of carbonyl (C=O) groups is 2. The number of esters is 1. The summed E-state index contributed by atoms with van der Waals surface area (Å²) < 4.78 is 6.05. The third-order valence-electron chi connectivity index (χ3n) is 3.65. The van der Waals surface area contributed by atoms with Crippen LogP contribution < -0.4 is 0 Å². The minimum atomic E-state index is -0.521. The van der Waals surface area contributed by atoms with Crippen molar-refractivity contribution in [2.75, 3.05) is 6.61 Å². The van der Waals surface area contributed by atoms with Crippen molar-refractivity contribution in [1.82, 2.24) is 9.97 Å². The predicted molar refractivity (Wildman–Crippen MR) is 90.9 cm³/mol. The summed E-state index contributed by atoms with van der Waals surface area (Å²) in [5.41, 5.74) is 3.48. The van der Waals surface area contributed by atoms with E-state index >= 15 is 0 Å². The Morgan fingerprint density at radius 2 is 1.96 bits per heavy atom. The zero-order chi connectivity index (χ0) is 16.6. The fraction of sp³-hybridized carbons (Fsp3) is 0.176. The highest BCUT2D eigenvalue weighted by Gasteiger charge is 2.17. The number of H-pyrrole nitrogens is 2. The van der Waals surface area contributed by atoms with E-state index in [0.717, 1.165) is 26.8 Å². The van der Waals surface area contributed by atoms with E-state index in [-0.39, 0.29) is 12.4 Å². The van der Waals surface area contributed by atoms with Crippen LogP contribution in [0, 0.1) is 13.8 Å². The second-order valence-electron chi connectivity index (χ2n) is 5.38. The first-order chi connectivity index (χ1) is 11.0. The van der Waals surface area contributed by atoms with Crippen LogP contribution in [0.25, 0.3) is 10.9 Å². The number of Topliss-reactive ketones (excluding diaryl/α,β-unsaturated/α-hetero) is 1. The molecular weight excluding hydrogens is 360 g/mol. The number of halogens is 1. The molecule has 6 heteroatoms. The standard InChI is InChI=1S/C17H15BrN2O3/c1-9-5-12(10(2)20-9)16(21)8-23-17(22)14-7-19-15-4-3-11(18)6-13(14)15/h3-7,19-20H,8H2,1-2H3. The summed E-state index contributed by atoms with van der Waals surface area (Å²) in [6, 6.07) is 7.35. The number of ketones is 1. The molecule has 0 saturated heterocycles. The maximum Gasteiger partial charge on any atom is 0.340 e. The van der Waals surface area contributed by atoms with E-state index in [1.165, 1.54) is 0 Å². The normalized spacial score (nSPS) is 10.9. The van der Waals surface area contributed by atoms with Crippen LogP contribution >= 0.6 is 15.9 Å². The fourth-order valence-electron chi connectivity index (χ4n) is 2.56. The Morgan fingerprint density at radius 1 is 1.17 bits per heavy atom. The SMILES string of the molecule is Cc1cc(C(=O)COC(=O)c2c[nH]c3ccc(Br)cc23)c(C)[nH]1. The first-order valence-electron chi connectivity index (χ1n) is 7.09. The van der Waals surface area contributed by atoms with Crippen molar-refractivity contribution in [2.24, 2.45) is 0 Å². The van der Waals surface area contributed by atoms with Crippen molar-refractivity contribution in [1.29, 1.82) is 0 Å². The summed E-state index contributed by atoms with van der Waals surface area (Å²) in [4.78, 5) is 30.5. The number of ether oxygens (including phenoxy) is 1. The second kappa shape index (κ2) is 6.04. The van der Waals surface area contributed by atoms with Crippen LogP contribution in [0.3, 0.4) is 0 Å². The van der Waals surface area contributed by atoms with Crippen LogP contribution in [0.5, 0.6) is 0 Å². The Hall–Kier alpha value is -2.34. The molecule has 0 aliphatic rings. The molecule has 3 rings (SSSR count). The van der Waals surface area contributed by atoms with Crippen molar-refractivity contribution < 1.29 is 14.3 Å². The Balaban J connectivity index is 1.75. The molecule has 0 aliphatic carbocycles. The molecule has 0 spiro atoms. The number of nitrogens with one attached hydrogen (secondary N) is 2. The number of aromatic amines is 2. The van der Waals surface area contributed by atoms with Gasteiger partial charge in [0, 0.05) is 38.5 Å². The van der Waals surface area contributed by atoms with Crippen molar-refractivity contribution in [3.05, 3.63) is 57.4 Å². The molecule has 2 aromatic heterocycles. The second-order valence-corrected chi connectivity index (χ2v) is 6.30. The number of aromatic nitrogens is 2. The molecule has 0 radical (unpaired) electrons. The van der Waals surface area contributed by atoms with Gasteiger partial charge in [-0.25, -0.2) is 4.79 Å². The van der Waals surface area contributed by atoms with Gasteiger partial charge in [-0.1, -0.05) is 15.9 Å². The average Bonchev–Trinajstić information content (AvgIpc) is 3.07. The summed E-state index contributed by atoms with van der Waals surface area (Å²) in [6.45, 7) is 3.41. The molecule has 5 nitrogen and oxygen atoms in total. The summed E-state index contributed by atoms with van der Waals surface area (Å²) in [6.07, 6.45) is 1.59. The molecule has 2 N–H and O–H groups in total. The minimum Gasteiger partial charge on any atom is -0.454 e. The lowest BCUT2D eigenvalue weighted by atomic mass is 10.1. The number of rotatable bonds is 4. The summed E-state index contributed by atoms with van der Waals surface area (Å²) in [7, 11) is 0. The fourth-order valence-corrected chi connectivity index (χ4v) is 2.92. The first kappa shape index (κ1) is 15.6. The van der Waals surface area contributed by atoms with Gasteiger partial charge in [-0.15, -0.1) is 0 Å². The van der Waals surface area contributed by atoms with E-state index in [0.29, 0.717) is 11.1 Å². The largest absolute Gasteiger partial charge is 0.454 e. The highest BCUT2D eigenvalue weighted by atomic mass is 79.9. The van der Waals surface area contributed by atoms with Crippen LogP contribution in [0.2, 0.25) is 0 Å². The number of hydrogen-bond acceptors (Lipinski definition) is 3. The molecule has 118 valence electrons. The van der Waals surface area contributed by atoms with Crippen LogP contribution in [0.4, 0.5) is 0 Å². The molecular formula is C17H15BrN2O3. The molecule has 0 bridgehead atoms. The molecule has 1 aromatic carbocycles. The summed E-state index contributed by atoms with van der Waals surface area (Å²) in [5, 5.41) is 0.755. The molecule has 0 atom stereocenters. The molecule has 0 amide bonds. The minimum absolute atomic E-state index is 0.221. The quantitative estimate of drug-likeness (QED) is 0.536. The Labute approximate surface area is 141 Å². The van der Waals surface area contributed by atoms with Gasteiger partial charge in [-0.2, -0.15) is 0 Å². The van der Waals surface area contributed by atoms with E-state index in [1.807, 2.05) is 32.0 Å². The summed E-state index contributed by atoms with van der Waals surface area (Å²) >= 11 is 3.38. The lowest BCUT2D eigenvalue weighted by molar-refractivity contribution is 0.0476. The van der Waals surface area contributed by atoms with Gasteiger partial charge in [0.1, 0.15) is 0 Å². The van der Waals surface area contributed by atoms with Gasteiger partial charge in [-0.05, 0) is 38.1 Å². The maximum atomic E-state index is 12.2. The monoisotopic (exact) mass is 374 g/mol. The molecule has 0 saturated carbocycles. The van der Waals surface area contributed by atoms with E-state index in [4.69, 9.17) is 4.74 Å². The first-order valence-corrected chi connectivity index (χ1v) is 7.88. The van der Waals surface area contributed by atoms with Gasteiger partial charge in [0.05, 0.1) is 5.56 Å². The average molecular weight is 375 g/mol. The predicted octanol–water partition coefficient (Wildman–Crippen LogP) is 3.92. The number of hydrogen-bond donors (Lipinski definition) is 2. The van der Waals surface area contributed by atoms with Crippen LogP contribution in [0.15, 0.2) is 34.9 Å². The third-order valence-corrected chi connectivity index (χ3v) is 4.14. The molecule has 2 heterocycles. The lowest BCUT2D eigenvalue weighted by Crippen LogP contribution is -2.14. The van der Waals surface area contributed by atoms with Crippen molar-refractivity contribution >= 4 is 38.6 Å². The van der Waals surface area contributed by atoms with Crippen molar-refractivity contribution in [3.63, 3.8) is 0 Å². The van der Waals surface area contributed by atoms with Gasteiger partial charge in [-0.3, -0.25) is 4.79 Å². The lowest BCUT2D eigenvalue weighted by Gasteiger charge is -2.03. The van der Waals surface area contributed by atoms with Gasteiger partial charge in [0.15, 0.2) is 6.61 Å². The molecule has 0 aliphatic heterocycles. The van der Waals surface area contributed by atoms with Crippen LogP contribution in [0.1, 0.15) is 32.1 Å². The molecule has 23 heavy (non-hydrogen) atoms. The zero-order valence-corrected chi connectivity index (χ0v) is 14.3. The number of aryl methyl sites for hydroxylation is 2. The maximum absolute atomic E-state index is 12.2. The molecule has 3 aromatic rings. The van der Waals surface area contributed by atoms with Gasteiger partial charge < -0.3 is 14.7 Å². The van der Waals surface area contributed by atoms with Crippen molar-refractivity contribution in [2.45, 2.75) is 13.8 Å². The third kappa shape index (κ3) is 3.07. The smallest absolute Gasteiger partial charge is 0.340 e. The Kier molecular flexibility index (Phi) is 4.09. The van der Waals surface area contributed by atoms with E-state index in [9.17, 15) is 9.59 Å². The van der Waals surface area contributed by atoms with E-state index in [2.05, 4.69) is 25.9 Å². The van der Waals surface area contributed by atoms with E-state index < -0.39 is 5.97 Å². The number of carbonyl (C=O) groups excluding carboxylic acids is 2. The van der Waals surface area contributed by atoms with Gasteiger partial charge >= 0.3 is 5.97 Å². The topological polar surface area (TPSA) is 75.0 Å². The number of benzene rings is 1. The zero-order valence-electron chi connectivity index (χ0n) is 12.7. The molecule has 0 fully saturated rings. The van der Waals surface area contributed by atoms with Crippen molar-refractivity contribution in [3.8, 4) is 0 Å². The van der Waals surface area contributed by atoms with E-state index in [1.54, 1.807) is 12.3 Å². The highest BCUT2D eigenvalue weighted by Crippen LogP contribution is 2.23. The number of fused-ring (bicyclic) bond motifs is 1. The highest BCUT2D eigenvalue weighted by molar-refractivity contribution is 9.10. The van der Waals surface area contributed by atoms with Gasteiger partial charge in [0.25, 0.3) is 0 Å². The van der Waals surface area contributed by atoms with Crippen LogP contribution in [-0.2, 0) is 4.74 Å². The summed E-state index contributed by atoms with van der Waals surface area (Å²) in [5.74, 6) is -0.742. The Bertz CT molecular complexity index is 908. The van der Waals surface area contributed by atoms with Crippen LogP contribution in [-0.4, -0.2) is 28.3 Å². The van der Waals surface area contributed by atoms with Gasteiger partial charge in [0.2, 0.25) is 5.78 Å². The Morgan fingerprint density at radius 3 is 2.65 bits per heavy atom.